The summed E-state index contributed by atoms with van der Waals surface area (Å²) < 4.78 is 39.4. The van der Waals surface area contributed by atoms with Crippen LogP contribution < -0.4 is 0 Å². The number of nitrogens with zero attached hydrogens (tertiary/aromatic N) is 2. The first-order valence-corrected chi connectivity index (χ1v) is 5.12. The van der Waals surface area contributed by atoms with Gasteiger partial charge in [-0.05, 0) is 37.3 Å². The van der Waals surface area contributed by atoms with E-state index in [-0.39, 0.29) is 4.77 Å². The van der Waals surface area contributed by atoms with Gasteiger partial charge >= 0.3 is 6.18 Å². The molecule has 0 unspecified atom stereocenters. The van der Waals surface area contributed by atoms with Crippen LogP contribution in [0, 0.1) is 11.7 Å². The van der Waals surface area contributed by atoms with Gasteiger partial charge in [0.15, 0.2) is 4.77 Å². The van der Waals surface area contributed by atoms with Crippen LogP contribution in [0.5, 0.6) is 0 Å². The molecule has 3 nitrogen and oxygen atoms in total. The van der Waals surface area contributed by atoms with Gasteiger partial charge in [-0.3, -0.25) is 9.67 Å². The minimum Gasteiger partial charge on any atom is -0.272 e. The molecule has 7 heteroatoms. The van der Waals surface area contributed by atoms with Crippen molar-refractivity contribution in [3.8, 4) is 5.69 Å². The van der Waals surface area contributed by atoms with Crippen molar-refractivity contribution in [2.45, 2.75) is 13.1 Å². The highest BCUT2D eigenvalue weighted by atomic mass is 32.1. The van der Waals surface area contributed by atoms with E-state index in [1.54, 1.807) is 13.0 Å². The molecule has 0 aliphatic heterocycles. The van der Waals surface area contributed by atoms with E-state index in [2.05, 4.69) is 10.2 Å². The molecule has 1 aromatic carbocycles. The van der Waals surface area contributed by atoms with Crippen molar-refractivity contribution >= 4 is 12.2 Å². The number of aromatic nitrogens is 3. The molecule has 2 rings (SSSR count). The summed E-state index contributed by atoms with van der Waals surface area (Å²) in [6.07, 6.45) is -4.37. The van der Waals surface area contributed by atoms with Crippen molar-refractivity contribution in [2.75, 3.05) is 0 Å². The Bertz CT molecular complexity index is 597. The number of hydrogen-bond donors (Lipinski definition) is 1. The summed E-state index contributed by atoms with van der Waals surface area (Å²) in [6.45, 7) is 1.66. The Morgan fingerprint density at radius 1 is 1.35 bits per heavy atom. The molecule has 0 bridgehead atoms. The van der Waals surface area contributed by atoms with E-state index in [0.29, 0.717) is 11.5 Å². The Balaban J connectivity index is 2.59. The molecule has 1 aromatic heterocycles. The fourth-order valence-electron chi connectivity index (χ4n) is 1.50. The maximum Gasteiger partial charge on any atom is 0.416 e. The van der Waals surface area contributed by atoms with Gasteiger partial charge in [-0.2, -0.15) is 18.3 Å². The average Bonchev–Trinajstić information content (AvgIpc) is 2.57. The Morgan fingerprint density at radius 2 is 2.06 bits per heavy atom. The van der Waals surface area contributed by atoms with Crippen LogP contribution >= 0.6 is 12.2 Å². The largest absolute Gasteiger partial charge is 0.416 e. The number of rotatable bonds is 1. The summed E-state index contributed by atoms with van der Waals surface area (Å²) in [4.78, 5) is 0. The number of aryl methyl sites for hydroxylation is 1. The first-order chi connectivity index (χ1) is 7.89. The monoisotopic (exact) mass is 259 g/mol. The number of nitrogens with one attached hydrogen (secondary N) is 1. The van der Waals surface area contributed by atoms with Crippen LogP contribution in [0.2, 0.25) is 0 Å². The van der Waals surface area contributed by atoms with Crippen LogP contribution in [0.25, 0.3) is 5.69 Å². The van der Waals surface area contributed by atoms with Crippen molar-refractivity contribution in [1.29, 1.82) is 0 Å². The van der Waals surface area contributed by atoms with Gasteiger partial charge in [0.05, 0.1) is 11.3 Å². The van der Waals surface area contributed by atoms with E-state index < -0.39 is 11.7 Å². The molecule has 2 aromatic rings. The zero-order valence-electron chi connectivity index (χ0n) is 8.75. The third-order valence-electron chi connectivity index (χ3n) is 2.27. The molecule has 0 amide bonds. The van der Waals surface area contributed by atoms with Crippen molar-refractivity contribution in [3.63, 3.8) is 0 Å². The number of alkyl halides is 3. The molecular weight excluding hydrogens is 251 g/mol. The second-order valence-corrected chi connectivity index (χ2v) is 3.85. The molecule has 0 atom stereocenters. The minimum atomic E-state index is -4.37. The summed E-state index contributed by atoms with van der Waals surface area (Å²) >= 11 is 4.96. The first-order valence-electron chi connectivity index (χ1n) is 4.71. The van der Waals surface area contributed by atoms with Crippen LogP contribution in [0.1, 0.15) is 11.4 Å². The maximum absolute atomic E-state index is 12.6. The first kappa shape index (κ1) is 11.8. The van der Waals surface area contributed by atoms with Gasteiger partial charge in [-0.15, -0.1) is 0 Å². The third kappa shape index (κ3) is 2.23. The number of hydrogen-bond acceptors (Lipinski definition) is 2. The van der Waals surface area contributed by atoms with Gasteiger partial charge in [0, 0.05) is 0 Å². The second kappa shape index (κ2) is 3.99. The van der Waals surface area contributed by atoms with Crippen LogP contribution in [-0.4, -0.2) is 14.8 Å². The van der Waals surface area contributed by atoms with E-state index >= 15 is 0 Å². The van der Waals surface area contributed by atoms with E-state index in [4.69, 9.17) is 12.2 Å². The standard InChI is InChI=1S/C10H8F3N3S/c1-6-14-15-9(17)16(6)8-4-2-3-7(5-8)10(11,12)13/h2-5H,1H3,(H,15,17). The Labute approximate surface area is 99.9 Å². The molecule has 0 aliphatic carbocycles. The number of aromatic amines is 1. The summed E-state index contributed by atoms with van der Waals surface area (Å²) in [5.74, 6) is 0.509. The number of H-pyrrole nitrogens is 1. The lowest BCUT2D eigenvalue weighted by molar-refractivity contribution is -0.137. The van der Waals surface area contributed by atoms with Crippen LogP contribution in [-0.2, 0) is 6.18 Å². The van der Waals surface area contributed by atoms with Gasteiger partial charge in [0.1, 0.15) is 5.82 Å². The van der Waals surface area contributed by atoms with Gasteiger partial charge in [-0.25, -0.2) is 0 Å². The predicted molar refractivity (Wildman–Crippen MR) is 58.5 cm³/mol. The zero-order chi connectivity index (χ0) is 12.6. The van der Waals surface area contributed by atoms with Crippen LogP contribution in [0.4, 0.5) is 13.2 Å². The minimum absolute atomic E-state index is 0.266. The van der Waals surface area contributed by atoms with Crippen molar-refractivity contribution in [2.24, 2.45) is 0 Å². The highest BCUT2D eigenvalue weighted by Gasteiger charge is 2.30. The smallest absolute Gasteiger partial charge is 0.272 e. The van der Waals surface area contributed by atoms with Gasteiger partial charge in [0.2, 0.25) is 0 Å². The Hall–Kier alpha value is -1.63. The van der Waals surface area contributed by atoms with Crippen LogP contribution in [0.3, 0.4) is 0 Å². The molecule has 0 saturated heterocycles. The molecule has 0 saturated carbocycles. The number of halogens is 3. The summed E-state index contributed by atoms with van der Waals surface area (Å²) in [7, 11) is 0. The van der Waals surface area contributed by atoms with Crippen molar-refractivity contribution in [1.82, 2.24) is 14.8 Å². The van der Waals surface area contributed by atoms with Crippen LogP contribution in [0.15, 0.2) is 24.3 Å². The fourth-order valence-corrected chi connectivity index (χ4v) is 1.78. The number of benzene rings is 1. The molecular formula is C10H8F3N3S. The normalized spacial score (nSPS) is 11.8. The molecule has 17 heavy (non-hydrogen) atoms. The lowest BCUT2D eigenvalue weighted by atomic mass is 10.2. The lowest BCUT2D eigenvalue weighted by Crippen LogP contribution is -2.06. The summed E-state index contributed by atoms with van der Waals surface area (Å²) in [5.41, 5.74) is -0.367. The predicted octanol–water partition coefficient (Wildman–Crippen LogP) is 3.26. The second-order valence-electron chi connectivity index (χ2n) is 3.46. The highest BCUT2D eigenvalue weighted by Crippen LogP contribution is 2.30. The van der Waals surface area contributed by atoms with E-state index in [1.807, 2.05) is 0 Å². The van der Waals surface area contributed by atoms with Gasteiger partial charge in [0.25, 0.3) is 0 Å². The molecule has 0 fully saturated rings. The van der Waals surface area contributed by atoms with Gasteiger partial charge < -0.3 is 0 Å². The summed E-state index contributed by atoms with van der Waals surface area (Å²) in [6, 6.07) is 4.95. The SMILES string of the molecule is Cc1n[nH]c(=S)n1-c1cccc(C(F)(F)F)c1. The zero-order valence-corrected chi connectivity index (χ0v) is 9.56. The Kier molecular flexibility index (Phi) is 2.78. The maximum atomic E-state index is 12.6. The average molecular weight is 259 g/mol. The molecule has 1 heterocycles. The highest BCUT2D eigenvalue weighted by molar-refractivity contribution is 7.71. The molecule has 90 valence electrons. The lowest BCUT2D eigenvalue weighted by Gasteiger charge is -2.09. The molecule has 1 N–H and O–H groups in total. The topological polar surface area (TPSA) is 33.6 Å². The van der Waals surface area contributed by atoms with Crippen molar-refractivity contribution < 1.29 is 13.2 Å². The summed E-state index contributed by atoms with van der Waals surface area (Å²) in [5, 5.41) is 6.38. The fraction of sp³-hybridized carbons (Fsp3) is 0.200. The Morgan fingerprint density at radius 3 is 2.59 bits per heavy atom. The van der Waals surface area contributed by atoms with Crippen molar-refractivity contribution in [3.05, 3.63) is 40.4 Å². The third-order valence-corrected chi connectivity index (χ3v) is 2.55. The molecule has 0 radical (unpaired) electrons. The van der Waals surface area contributed by atoms with E-state index in [1.165, 1.54) is 10.6 Å². The van der Waals surface area contributed by atoms with Gasteiger partial charge in [-0.1, -0.05) is 6.07 Å². The molecule has 0 spiro atoms. The van der Waals surface area contributed by atoms with E-state index in [9.17, 15) is 13.2 Å². The molecule has 0 aliphatic rings. The van der Waals surface area contributed by atoms with E-state index in [0.717, 1.165) is 12.1 Å². The quantitative estimate of drug-likeness (QED) is 0.797.